The van der Waals surface area contributed by atoms with Gasteiger partial charge in [0.05, 0.1) is 0 Å². The summed E-state index contributed by atoms with van der Waals surface area (Å²) in [5.41, 5.74) is 1.34. The van der Waals surface area contributed by atoms with Crippen LogP contribution in [0.25, 0.3) is 0 Å². The van der Waals surface area contributed by atoms with Crippen LogP contribution < -0.4 is 16.0 Å². The maximum atomic E-state index is 11.9. The lowest BCUT2D eigenvalue weighted by atomic mass is 10.2. The highest BCUT2D eigenvalue weighted by atomic mass is 16.2. The standard InChI is InChI=1S/C16H23N3O2/c1-3-17-8-9-18-15(20)12-4-6-13(7-5-12)19-16(21)14-10-11(14)2/h4-7,11,14,17H,3,8-10H2,1-2H3,(H,18,20)(H,19,21). The highest BCUT2D eigenvalue weighted by Gasteiger charge is 2.38. The summed E-state index contributed by atoms with van der Waals surface area (Å²) in [5.74, 6) is 0.623. The van der Waals surface area contributed by atoms with Gasteiger partial charge in [-0.1, -0.05) is 13.8 Å². The minimum absolute atomic E-state index is 0.0744. The molecule has 21 heavy (non-hydrogen) atoms. The minimum atomic E-state index is -0.0957. The Hall–Kier alpha value is -1.88. The highest BCUT2D eigenvalue weighted by Crippen LogP contribution is 2.38. The molecule has 114 valence electrons. The molecule has 0 radical (unpaired) electrons. The fourth-order valence-electron chi connectivity index (χ4n) is 2.17. The van der Waals surface area contributed by atoms with Crippen molar-refractivity contribution in [1.29, 1.82) is 0 Å². The molecule has 1 fully saturated rings. The number of hydrogen-bond acceptors (Lipinski definition) is 3. The van der Waals surface area contributed by atoms with Crippen LogP contribution >= 0.6 is 0 Å². The van der Waals surface area contributed by atoms with Gasteiger partial charge in [-0.2, -0.15) is 0 Å². The van der Waals surface area contributed by atoms with Gasteiger partial charge >= 0.3 is 0 Å². The van der Waals surface area contributed by atoms with Crippen molar-refractivity contribution in [2.75, 3.05) is 25.0 Å². The molecule has 2 amide bonds. The van der Waals surface area contributed by atoms with Gasteiger partial charge in [0.25, 0.3) is 5.91 Å². The Morgan fingerprint density at radius 1 is 1.19 bits per heavy atom. The van der Waals surface area contributed by atoms with Crippen LogP contribution in [0.4, 0.5) is 5.69 Å². The number of hydrogen-bond donors (Lipinski definition) is 3. The van der Waals surface area contributed by atoms with Crippen molar-refractivity contribution in [3.05, 3.63) is 29.8 Å². The molecule has 1 aliphatic rings. The number of benzene rings is 1. The summed E-state index contributed by atoms with van der Waals surface area (Å²) in [5, 5.41) is 8.86. The molecule has 5 nitrogen and oxygen atoms in total. The maximum Gasteiger partial charge on any atom is 0.251 e. The van der Waals surface area contributed by atoms with Crippen molar-refractivity contribution >= 4 is 17.5 Å². The fraction of sp³-hybridized carbons (Fsp3) is 0.500. The van der Waals surface area contributed by atoms with Gasteiger partial charge < -0.3 is 16.0 Å². The second kappa shape index (κ2) is 7.22. The number of carbonyl (C=O) groups is 2. The Labute approximate surface area is 125 Å². The molecule has 1 aromatic rings. The van der Waals surface area contributed by atoms with E-state index in [1.165, 1.54) is 0 Å². The molecule has 0 heterocycles. The van der Waals surface area contributed by atoms with Crippen LogP contribution in [0.2, 0.25) is 0 Å². The summed E-state index contributed by atoms with van der Waals surface area (Å²) in [6, 6.07) is 7.00. The smallest absolute Gasteiger partial charge is 0.251 e. The quantitative estimate of drug-likeness (QED) is 0.668. The van der Waals surface area contributed by atoms with Gasteiger partial charge in [-0.25, -0.2) is 0 Å². The van der Waals surface area contributed by atoms with Gasteiger partial charge in [0.1, 0.15) is 0 Å². The average Bonchev–Trinajstić information content (AvgIpc) is 3.21. The van der Waals surface area contributed by atoms with E-state index in [-0.39, 0.29) is 17.7 Å². The van der Waals surface area contributed by atoms with Crippen LogP contribution in [0.3, 0.4) is 0 Å². The van der Waals surface area contributed by atoms with Gasteiger partial charge in [-0.3, -0.25) is 9.59 Å². The van der Waals surface area contributed by atoms with E-state index in [9.17, 15) is 9.59 Å². The van der Waals surface area contributed by atoms with E-state index in [0.717, 1.165) is 25.2 Å². The Balaban J connectivity index is 1.80. The molecule has 5 heteroatoms. The Bertz CT molecular complexity index is 499. The van der Waals surface area contributed by atoms with E-state index in [1.54, 1.807) is 24.3 Å². The first-order valence-corrected chi connectivity index (χ1v) is 7.51. The molecule has 1 aliphatic carbocycles. The first-order valence-electron chi connectivity index (χ1n) is 7.51. The lowest BCUT2D eigenvalue weighted by Crippen LogP contribution is -2.31. The van der Waals surface area contributed by atoms with Crippen molar-refractivity contribution in [3.63, 3.8) is 0 Å². The normalized spacial score (nSPS) is 19.9. The second-order valence-corrected chi connectivity index (χ2v) is 5.50. The molecule has 3 N–H and O–H groups in total. The van der Waals surface area contributed by atoms with Gasteiger partial charge in [-0.05, 0) is 43.1 Å². The number of nitrogens with one attached hydrogen (secondary N) is 3. The molecular formula is C16H23N3O2. The molecule has 1 saturated carbocycles. The van der Waals surface area contributed by atoms with Crippen molar-refractivity contribution in [2.45, 2.75) is 20.3 Å². The van der Waals surface area contributed by atoms with Crippen LogP contribution in [-0.4, -0.2) is 31.4 Å². The van der Waals surface area contributed by atoms with E-state index < -0.39 is 0 Å². The third kappa shape index (κ3) is 4.56. The van der Waals surface area contributed by atoms with Gasteiger partial charge in [0.2, 0.25) is 5.91 Å². The number of amides is 2. The summed E-state index contributed by atoms with van der Waals surface area (Å²) in [6.07, 6.45) is 0.970. The average molecular weight is 289 g/mol. The van der Waals surface area contributed by atoms with Crippen molar-refractivity contribution < 1.29 is 9.59 Å². The van der Waals surface area contributed by atoms with Gasteiger partial charge in [-0.15, -0.1) is 0 Å². The van der Waals surface area contributed by atoms with E-state index in [4.69, 9.17) is 0 Å². The SMILES string of the molecule is CCNCCNC(=O)c1ccc(NC(=O)C2CC2C)cc1. The first-order chi connectivity index (χ1) is 10.1. The van der Waals surface area contributed by atoms with Gasteiger partial charge in [0, 0.05) is 30.3 Å². The summed E-state index contributed by atoms with van der Waals surface area (Å²) >= 11 is 0. The summed E-state index contributed by atoms with van der Waals surface area (Å²) in [6.45, 7) is 6.35. The molecule has 2 unspecified atom stereocenters. The lowest BCUT2D eigenvalue weighted by Gasteiger charge is -2.07. The fourth-order valence-corrected chi connectivity index (χ4v) is 2.17. The van der Waals surface area contributed by atoms with Crippen LogP contribution in [0, 0.1) is 11.8 Å². The molecule has 0 aromatic heterocycles. The minimum Gasteiger partial charge on any atom is -0.351 e. The molecule has 0 spiro atoms. The number of carbonyl (C=O) groups excluding carboxylic acids is 2. The monoisotopic (exact) mass is 289 g/mol. The predicted octanol–water partition coefficient (Wildman–Crippen LogP) is 1.62. The largest absolute Gasteiger partial charge is 0.351 e. The molecule has 0 saturated heterocycles. The van der Waals surface area contributed by atoms with E-state index >= 15 is 0 Å². The summed E-state index contributed by atoms with van der Waals surface area (Å²) in [7, 11) is 0. The summed E-state index contributed by atoms with van der Waals surface area (Å²) < 4.78 is 0. The van der Waals surface area contributed by atoms with Crippen LogP contribution in [-0.2, 0) is 4.79 Å². The molecule has 1 aromatic carbocycles. The topological polar surface area (TPSA) is 70.2 Å². The Morgan fingerprint density at radius 2 is 1.86 bits per heavy atom. The Kier molecular flexibility index (Phi) is 5.33. The zero-order valence-corrected chi connectivity index (χ0v) is 12.6. The number of rotatable bonds is 7. The number of anilines is 1. The number of likely N-dealkylation sites (N-methyl/N-ethyl adjacent to an activating group) is 1. The van der Waals surface area contributed by atoms with Crippen LogP contribution in [0.5, 0.6) is 0 Å². The lowest BCUT2D eigenvalue weighted by molar-refractivity contribution is -0.117. The Morgan fingerprint density at radius 3 is 2.43 bits per heavy atom. The summed E-state index contributed by atoms with van der Waals surface area (Å²) in [4.78, 5) is 23.7. The zero-order chi connectivity index (χ0) is 15.2. The highest BCUT2D eigenvalue weighted by molar-refractivity contribution is 5.96. The van der Waals surface area contributed by atoms with Crippen molar-refractivity contribution in [1.82, 2.24) is 10.6 Å². The molecule has 2 rings (SSSR count). The van der Waals surface area contributed by atoms with E-state index in [2.05, 4.69) is 22.9 Å². The molecular weight excluding hydrogens is 266 g/mol. The molecule has 0 aliphatic heterocycles. The maximum absolute atomic E-state index is 11.9. The van der Waals surface area contributed by atoms with Crippen LogP contribution in [0.15, 0.2) is 24.3 Å². The van der Waals surface area contributed by atoms with E-state index in [0.29, 0.717) is 18.0 Å². The van der Waals surface area contributed by atoms with Crippen molar-refractivity contribution in [2.24, 2.45) is 11.8 Å². The zero-order valence-electron chi connectivity index (χ0n) is 12.6. The third-order valence-electron chi connectivity index (χ3n) is 3.70. The molecule has 2 atom stereocenters. The first kappa shape index (κ1) is 15.5. The predicted molar refractivity (Wildman–Crippen MR) is 83.2 cm³/mol. The van der Waals surface area contributed by atoms with Gasteiger partial charge in [0.15, 0.2) is 0 Å². The third-order valence-corrected chi connectivity index (χ3v) is 3.70. The van der Waals surface area contributed by atoms with E-state index in [1.807, 2.05) is 6.92 Å². The van der Waals surface area contributed by atoms with Crippen LogP contribution in [0.1, 0.15) is 30.6 Å². The second-order valence-electron chi connectivity index (χ2n) is 5.50. The van der Waals surface area contributed by atoms with Crippen molar-refractivity contribution in [3.8, 4) is 0 Å². The molecule has 0 bridgehead atoms.